The van der Waals surface area contributed by atoms with Crippen LogP contribution in [-0.2, 0) is 9.59 Å². The van der Waals surface area contributed by atoms with Crippen LogP contribution in [0.5, 0.6) is 0 Å². The molecule has 0 saturated carbocycles. The fourth-order valence-corrected chi connectivity index (χ4v) is 1.63. The Bertz CT molecular complexity index is 228. The quantitative estimate of drug-likeness (QED) is 0.556. The van der Waals surface area contributed by atoms with E-state index in [1.165, 1.54) is 0 Å². The average molecular weight is 187 g/mol. The lowest BCUT2D eigenvalue weighted by Crippen LogP contribution is -2.52. The molecule has 1 aliphatic heterocycles. The first kappa shape index (κ1) is 9.98. The Morgan fingerprint density at radius 2 is 1.92 bits per heavy atom. The van der Waals surface area contributed by atoms with Crippen molar-refractivity contribution in [1.29, 1.82) is 0 Å². The first-order chi connectivity index (χ1) is 6.02. The number of hydrogen-bond donors (Lipinski definition) is 3. The lowest BCUT2D eigenvalue weighted by molar-refractivity contribution is -0.153. The van der Waals surface area contributed by atoms with Crippen LogP contribution >= 0.6 is 0 Å². The molecule has 1 rings (SSSR count). The molecule has 0 amide bonds. The van der Waals surface area contributed by atoms with Gasteiger partial charge in [-0.25, -0.2) is 0 Å². The molecule has 5 heteroatoms. The van der Waals surface area contributed by atoms with E-state index in [4.69, 9.17) is 10.2 Å². The molecule has 0 aromatic heterocycles. The normalized spacial score (nSPS) is 34.1. The summed E-state index contributed by atoms with van der Waals surface area (Å²) in [7, 11) is 0. The highest BCUT2D eigenvalue weighted by Crippen LogP contribution is 2.21. The molecule has 3 N–H and O–H groups in total. The van der Waals surface area contributed by atoms with E-state index < -0.39 is 23.9 Å². The smallest absolute Gasteiger partial charge is 0.321 e. The van der Waals surface area contributed by atoms with Gasteiger partial charge in [0.2, 0.25) is 0 Å². The average Bonchev–Trinajstić information content (AvgIpc) is 2.03. The van der Waals surface area contributed by atoms with Gasteiger partial charge in [0.05, 0.1) is 5.92 Å². The summed E-state index contributed by atoms with van der Waals surface area (Å²) in [6.07, 6.45) is 0.430. The van der Waals surface area contributed by atoms with Crippen molar-refractivity contribution in [2.45, 2.75) is 19.4 Å². The minimum Gasteiger partial charge on any atom is -0.481 e. The molecule has 0 spiro atoms. The molecular formula is C8H13NO4. The van der Waals surface area contributed by atoms with Crippen molar-refractivity contribution in [3.8, 4) is 0 Å². The zero-order valence-electron chi connectivity index (χ0n) is 7.36. The molecule has 13 heavy (non-hydrogen) atoms. The second-order valence-electron chi connectivity index (χ2n) is 3.51. The van der Waals surface area contributed by atoms with E-state index in [-0.39, 0.29) is 5.92 Å². The molecule has 0 aliphatic carbocycles. The molecule has 0 bridgehead atoms. The number of nitrogens with one attached hydrogen (secondary N) is 1. The van der Waals surface area contributed by atoms with Crippen molar-refractivity contribution in [3.05, 3.63) is 0 Å². The van der Waals surface area contributed by atoms with Gasteiger partial charge in [-0.2, -0.15) is 0 Å². The van der Waals surface area contributed by atoms with E-state index in [2.05, 4.69) is 5.32 Å². The number of piperidine rings is 1. The van der Waals surface area contributed by atoms with Crippen LogP contribution in [0, 0.1) is 11.8 Å². The van der Waals surface area contributed by atoms with E-state index in [0.29, 0.717) is 13.0 Å². The van der Waals surface area contributed by atoms with E-state index in [9.17, 15) is 9.59 Å². The second kappa shape index (κ2) is 3.74. The Morgan fingerprint density at radius 1 is 1.31 bits per heavy atom. The third-order valence-electron chi connectivity index (χ3n) is 2.33. The topological polar surface area (TPSA) is 86.6 Å². The van der Waals surface area contributed by atoms with Crippen LogP contribution in [0.2, 0.25) is 0 Å². The minimum absolute atomic E-state index is 0.219. The van der Waals surface area contributed by atoms with Crippen molar-refractivity contribution < 1.29 is 19.8 Å². The fourth-order valence-electron chi connectivity index (χ4n) is 1.63. The first-order valence-corrected chi connectivity index (χ1v) is 4.21. The highest BCUT2D eigenvalue weighted by atomic mass is 16.4. The van der Waals surface area contributed by atoms with Gasteiger partial charge < -0.3 is 15.5 Å². The zero-order chi connectivity index (χ0) is 10.0. The van der Waals surface area contributed by atoms with Crippen molar-refractivity contribution in [3.63, 3.8) is 0 Å². The van der Waals surface area contributed by atoms with Gasteiger partial charge in [0.1, 0.15) is 6.04 Å². The van der Waals surface area contributed by atoms with Gasteiger partial charge in [0.25, 0.3) is 0 Å². The number of hydrogen-bond acceptors (Lipinski definition) is 3. The molecule has 74 valence electrons. The molecule has 5 nitrogen and oxygen atoms in total. The Kier molecular flexibility index (Phi) is 2.87. The third kappa shape index (κ3) is 2.18. The lowest BCUT2D eigenvalue weighted by atomic mass is 9.85. The highest BCUT2D eigenvalue weighted by molar-refractivity contribution is 5.82. The predicted octanol–water partition coefficient (Wildman–Crippen LogP) is -0.230. The van der Waals surface area contributed by atoms with E-state index in [1.807, 2.05) is 6.92 Å². The summed E-state index contributed by atoms with van der Waals surface area (Å²) in [4.78, 5) is 21.4. The maximum absolute atomic E-state index is 10.7. The largest absolute Gasteiger partial charge is 0.481 e. The lowest BCUT2D eigenvalue weighted by Gasteiger charge is -2.30. The third-order valence-corrected chi connectivity index (χ3v) is 2.33. The summed E-state index contributed by atoms with van der Waals surface area (Å²) in [5.74, 6) is -2.70. The maximum atomic E-state index is 10.7. The van der Waals surface area contributed by atoms with Gasteiger partial charge in [0, 0.05) is 0 Å². The van der Waals surface area contributed by atoms with Crippen LogP contribution in [0.3, 0.4) is 0 Å². The molecule has 0 radical (unpaired) electrons. The molecule has 0 aromatic carbocycles. The molecular weight excluding hydrogens is 174 g/mol. The van der Waals surface area contributed by atoms with Gasteiger partial charge in [-0.1, -0.05) is 6.92 Å². The summed E-state index contributed by atoms with van der Waals surface area (Å²) in [5.41, 5.74) is 0. The van der Waals surface area contributed by atoms with Crippen LogP contribution in [0.15, 0.2) is 0 Å². The Balaban J connectivity index is 2.72. The minimum atomic E-state index is -1.08. The summed E-state index contributed by atoms with van der Waals surface area (Å²) in [6, 6.07) is -0.936. The number of carbonyl (C=O) groups is 2. The summed E-state index contributed by atoms with van der Waals surface area (Å²) < 4.78 is 0. The fraction of sp³-hybridized carbons (Fsp3) is 0.750. The van der Waals surface area contributed by atoms with Crippen LogP contribution in [0.1, 0.15) is 13.3 Å². The van der Waals surface area contributed by atoms with Crippen molar-refractivity contribution in [1.82, 2.24) is 5.32 Å². The van der Waals surface area contributed by atoms with E-state index in [0.717, 1.165) is 0 Å². The second-order valence-corrected chi connectivity index (χ2v) is 3.51. The van der Waals surface area contributed by atoms with Gasteiger partial charge in [-0.3, -0.25) is 9.59 Å². The maximum Gasteiger partial charge on any atom is 0.321 e. The molecule has 0 unspecified atom stereocenters. The van der Waals surface area contributed by atoms with Gasteiger partial charge in [0.15, 0.2) is 0 Å². The Labute approximate surface area is 75.7 Å². The number of aliphatic carboxylic acids is 2. The highest BCUT2D eigenvalue weighted by Gasteiger charge is 2.37. The number of carboxylic acids is 2. The van der Waals surface area contributed by atoms with Crippen LogP contribution in [-0.4, -0.2) is 34.7 Å². The van der Waals surface area contributed by atoms with Gasteiger partial charge in [-0.05, 0) is 18.9 Å². The monoisotopic (exact) mass is 187 g/mol. The van der Waals surface area contributed by atoms with Gasteiger partial charge >= 0.3 is 11.9 Å². The number of rotatable bonds is 2. The van der Waals surface area contributed by atoms with Crippen LogP contribution < -0.4 is 5.32 Å². The molecule has 1 aliphatic rings. The first-order valence-electron chi connectivity index (χ1n) is 4.21. The van der Waals surface area contributed by atoms with Crippen LogP contribution in [0.4, 0.5) is 0 Å². The SMILES string of the molecule is C[C@@H]1CN[C@H](C(=O)O)[C@H](C(=O)O)C1. The molecule has 1 fully saturated rings. The summed E-state index contributed by atoms with van der Waals surface area (Å²) in [6.45, 7) is 2.47. The van der Waals surface area contributed by atoms with Crippen LogP contribution in [0.25, 0.3) is 0 Å². The van der Waals surface area contributed by atoms with E-state index >= 15 is 0 Å². The zero-order valence-corrected chi connectivity index (χ0v) is 7.36. The molecule has 1 heterocycles. The Morgan fingerprint density at radius 3 is 2.38 bits per heavy atom. The molecule has 1 saturated heterocycles. The summed E-state index contributed by atoms with van der Waals surface area (Å²) >= 11 is 0. The van der Waals surface area contributed by atoms with E-state index in [1.54, 1.807) is 0 Å². The van der Waals surface area contributed by atoms with Crippen molar-refractivity contribution in [2.24, 2.45) is 11.8 Å². The standard InChI is InChI=1S/C8H13NO4/c1-4-2-5(7(10)11)6(8(12)13)9-3-4/h4-6,9H,2-3H2,1H3,(H,10,11)(H,12,13)/t4-,5+,6-/m0/s1. The molecule has 0 aromatic rings. The van der Waals surface area contributed by atoms with Gasteiger partial charge in [-0.15, -0.1) is 0 Å². The van der Waals surface area contributed by atoms with Crippen molar-refractivity contribution in [2.75, 3.05) is 6.54 Å². The molecule has 3 atom stereocenters. The summed E-state index contributed by atoms with van der Waals surface area (Å²) in [5, 5.41) is 20.2. The Hall–Kier alpha value is -1.10. The number of carboxylic acid groups (broad SMARTS) is 2. The van der Waals surface area contributed by atoms with Crippen molar-refractivity contribution >= 4 is 11.9 Å². The predicted molar refractivity (Wildman–Crippen MR) is 44.3 cm³/mol.